The lowest BCUT2D eigenvalue weighted by molar-refractivity contribution is 0.881. The van der Waals surface area contributed by atoms with Gasteiger partial charge in [-0.05, 0) is 6.07 Å². The largest absolute Gasteiger partial charge is 0.324 e. The minimum atomic E-state index is 0.382. The SMILES string of the molecule is NCc1nnc2ncccn12. The molecule has 0 bridgehead atoms. The van der Waals surface area contributed by atoms with Crippen LogP contribution in [-0.2, 0) is 6.54 Å². The molecule has 2 rings (SSSR count). The van der Waals surface area contributed by atoms with E-state index in [1.54, 1.807) is 10.6 Å². The van der Waals surface area contributed by atoms with Gasteiger partial charge in [-0.2, -0.15) is 0 Å². The Morgan fingerprint density at radius 1 is 1.45 bits per heavy atom. The van der Waals surface area contributed by atoms with Gasteiger partial charge in [-0.3, -0.25) is 4.40 Å². The van der Waals surface area contributed by atoms with Crippen LogP contribution in [0.5, 0.6) is 0 Å². The van der Waals surface area contributed by atoms with Crippen molar-refractivity contribution in [3.05, 3.63) is 24.3 Å². The topological polar surface area (TPSA) is 69.1 Å². The number of aromatic nitrogens is 4. The monoisotopic (exact) mass is 149 g/mol. The molecule has 56 valence electrons. The van der Waals surface area contributed by atoms with Crippen LogP contribution in [0.2, 0.25) is 0 Å². The second kappa shape index (κ2) is 2.28. The van der Waals surface area contributed by atoms with Crippen LogP contribution in [0.25, 0.3) is 5.78 Å². The molecule has 0 amide bonds. The summed E-state index contributed by atoms with van der Waals surface area (Å²) in [6, 6.07) is 1.82. The van der Waals surface area contributed by atoms with Crippen molar-refractivity contribution < 1.29 is 0 Å². The molecule has 2 N–H and O–H groups in total. The summed E-state index contributed by atoms with van der Waals surface area (Å²) in [4.78, 5) is 3.98. The minimum absolute atomic E-state index is 0.382. The van der Waals surface area contributed by atoms with Gasteiger partial charge in [0.25, 0.3) is 5.78 Å². The lowest BCUT2D eigenvalue weighted by Gasteiger charge is -1.91. The fourth-order valence-electron chi connectivity index (χ4n) is 0.928. The van der Waals surface area contributed by atoms with Gasteiger partial charge in [-0.15, -0.1) is 10.2 Å². The zero-order valence-corrected chi connectivity index (χ0v) is 5.81. The van der Waals surface area contributed by atoms with Crippen molar-refractivity contribution in [3.8, 4) is 0 Å². The Bertz CT molecular complexity index is 366. The summed E-state index contributed by atoms with van der Waals surface area (Å²) in [5.74, 6) is 1.32. The van der Waals surface area contributed by atoms with Gasteiger partial charge in [0.1, 0.15) is 0 Å². The van der Waals surface area contributed by atoms with Gasteiger partial charge in [-0.1, -0.05) is 0 Å². The Kier molecular flexibility index (Phi) is 1.29. The summed E-state index contributed by atoms with van der Waals surface area (Å²) in [6.07, 6.45) is 3.51. The van der Waals surface area contributed by atoms with E-state index >= 15 is 0 Å². The average Bonchev–Trinajstić information content (AvgIpc) is 2.47. The minimum Gasteiger partial charge on any atom is -0.324 e. The van der Waals surface area contributed by atoms with Crippen LogP contribution in [0.3, 0.4) is 0 Å². The first kappa shape index (κ1) is 6.23. The highest BCUT2D eigenvalue weighted by Gasteiger charge is 2.00. The highest BCUT2D eigenvalue weighted by atomic mass is 15.3. The van der Waals surface area contributed by atoms with Crippen LogP contribution in [0.4, 0.5) is 0 Å². The fraction of sp³-hybridized carbons (Fsp3) is 0.167. The highest BCUT2D eigenvalue weighted by molar-refractivity contribution is 5.25. The molecule has 11 heavy (non-hydrogen) atoms. The molecule has 0 saturated carbocycles. The Hall–Kier alpha value is -1.49. The smallest absolute Gasteiger partial charge is 0.254 e. The molecule has 5 nitrogen and oxygen atoms in total. The van der Waals surface area contributed by atoms with Crippen molar-refractivity contribution in [2.75, 3.05) is 0 Å². The number of rotatable bonds is 1. The van der Waals surface area contributed by atoms with Crippen molar-refractivity contribution in [3.63, 3.8) is 0 Å². The molecule has 5 heteroatoms. The van der Waals surface area contributed by atoms with Crippen LogP contribution in [0.15, 0.2) is 18.5 Å². The van der Waals surface area contributed by atoms with E-state index in [4.69, 9.17) is 5.73 Å². The normalized spacial score (nSPS) is 10.6. The standard InChI is InChI=1S/C6H7N5/c7-4-5-9-10-6-8-2-1-3-11(5)6/h1-3H,4,7H2. The fourth-order valence-corrected chi connectivity index (χ4v) is 0.928. The molecular weight excluding hydrogens is 142 g/mol. The third-order valence-corrected chi connectivity index (χ3v) is 1.44. The van der Waals surface area contributed by atoms with Crippen LogP contribution in [0.1, 0.15) is 5.82 Å². The molecule has 0 aliphatic carbocycles. The summed E-state index contributed by atoms with van der Waals surface area (Å²) in [7, 11) is 0. The Labute approximate surface area is 62.9 Å². The predicted molar refractivity (Wildman–Crippen MR) is 38.7 cm³/mol. The quantitative estimate of drug-likeness (QED) is 0.598. The number of hydrogen-bond acceptors (Lipinski definition) is 4. The predicted octanol–water partition coefficient (Wildman–Crippen LogP) is -0.417. The van der Waals surface area contributed by atoms with Gasteiger partial charge >= 0.3 is 0 Å². The second-order valence-corrected chi connectivity index (χ2v) is 2.11. The van der Waals surface area contributed by atoms with Crippen molar-refractivity contribution in [2.24, 2.45) is 5.73 Å². The molecule has 2 aromatic heterocycles. The third kappa shape index (κ3) is 0.857. The zero-order valence-electron chi connectivity index (χ0n) is 5.81. The first-order valence-electron chi connectivity index (χ1n) is 3.26. The van der Waals surface area contributed by atoms with Gasteiger partial charge in [0.15, 0.2) is 5.82 Å². The van der Waals surface area contributed by atoms with E-state index in [0.717, 1.165) is 5.82 Å². The van der Waals surface area contributed by atoms with E-state index in [2.05, 4.69) is 15.2 Å². The molecule has 0 spiro atoms. The molecule has 0 aliphatic heterocycles. The maximum absolute atomic E-state index is 5.41. The first-order valence-corrected chi connectivity index (χ1v) is 3.26. The van der Waals surface area contributed by atoms with E-state index < -0.39 is 0 Å². The molecule has 0 unspecified atom stereocenters. The second-order valence-electron chi connectivity index (χ2n) is 2.11. The van der Waals surface area contributed by atoms with Crippen LogP contribution in [0, 0.1) is 0 Å². The Morgan fingerprint density at radius 3 is 3.18 bits per heavy atom. The summed E-state index contributed by atoms with van der Waals surface area (Å²) in [5.41, 5.74) is 5.41. The molecule has 0 saturated heterocycles. The van der Waals surface area contributed by atoms with Gasteiger partial charge in [0.2, 0.25) is 0 Å². The maximum atomic E-state index is 5.41. The van der Waals surface area contributed by atoms with Gasteiger partial charge < -0.3 is 5.73 Å². The van der Waals surface area contributed by atoms with Gasteiger partial charge in [0, 0.05) is 12.4 Å². The number of fused-ring (bicyclic) bond motifs is 1. The van der Waals surface area contributed by atoms with Gasteiger partial charge in [-0.25, -0.2) is 4.98 Å². The lowest BCUT2D eigenvalue weighted by Crippen LogP contribution is -2.02. The highest BCUT2D eigenvalue weighted by Crippen LogP contribution is 1.97. The van der Waals surface area contributed by atoms with E-state index in [9.17, 15) is 0 Å². The van der Waals surface area contributed by atoms with Crippen molar-refractivity contribution in [1.29, 1.82) is 0 Å². The zero-order chi connectivity index (χ0) is 7.68. The summed E-state index contributed by atoms with van der Waals surface area (Å²) >= 11 is 0. The van der Waals surface area contributed by atoms with Crippen LogP contribution < -0.4 is 5.73 Å². The Balaban J connectivity index is 2.76. The Morgan fingerprint density at radius 2 is 2.36 bits per heavy atom. The summed E-state index contributed by atoms with van der Waals surface area (Å²) < 4.78 is 1.76. The molecule has 2 aromatic rings. The van der Waals surface area contributed by atoms with Crippen LogP contribution in [-0.4, -0.2) is 19.6 Å². The first-order chi connectivity index (χ1) is 5.42. The number of nitrogens with two attached hydrogens (primary N) is 1. The molecule has 0 fully saturated rings. The number of hydrogen-bond donors (Lipinski definition) is 1. The maximum Gasteiger partial charge on any atom is 0.254 e. The van der Waals surface area contributed by atoms with E-state index in [1.807, 2.05) is 12.3 Å². The molecule has 0 aliphatic rings. The van der Waals surface area contributed by atoms with Gasteiger partial charge in [0.05, 0.1) is 6.54 Å². The van der Waals surface area contributed by atoms with Crippen molar-refractivity contribution in [2.45, 2.75) is 6.54 Å². The molecular formula is C6H7N5. The van der Waals surface area contributed by atoms with E-state index in [0.29, 0.717) is 12.3 Å². The molecule has 0 atom stereocenters. The third-order valence-electron chi connectivity index (χ3n) is 1.44. The summed E-state index contributed by atoms with van der Waals surface area (Å²) in [6.45, 7) is 0.382. The van der Waals surface area contributed by atoms with Crippen molar-refractivity contribution in [1.82, 2.24) is 19.6 Å². The summed E-state index contributed by atoms with van der Waals surface area (Å²) in [5, 5.41) is 7.65. The van der Waals surface area contributed by atoms with E-state index in [1.165, 1.54) is 0 Å². The van der Waals surface area contributed by atoms with Crippen LogP contribution >= 0.6 is 0 Å². The van der Waals surface area contributed by atoms with E-state index in [-0.39, 0.29) is 0 Å². The average molecular weight is 149 g/mol. The number of nitrogens with zero attached hydrogens (tertiary/aromatic N) is 4. The molecule has 0 aromatic carbocycles. The molecule has 0 radical (unpaired) electrons. The lowest BCUT2D eigenvalue weighted by atomic mass is 10.6. The van der Waals surface area contributed by atoms with Crippen molar-refractivity contribution >= 4 is 5.78 Å². The molecule has 2 heterocycles.